The van der Waals surface area contributed by atoms with Crippen molar-refractivity contribution in [3.05, 3.63) is 249 Å². The van der Waals surface area contributed by atoms with E-state index in [1.165, 1.54) is 70.9 Å². The third-order valence-corrected chi connectivity index (χ3v) is 13.4. The summed E-state index contributed by atoms with van der Waals surface area (Å²) in [4.78, 5) is 2.43. The minimum Gasteiger partial charge on any atom is -0.456 e. The van der Waals surface area contributed by atoms with Crippen molar-refractivity contribution in [3.8, 4) is 44.5 Å². The highest BCUT2D eigenvalue weighted by molar-refractivity contribution is 6.16. The summed E-state index contributed by atoms with van der Waals surface area (Å²) in [5.41, 5.74) is 14.2. The van der Waals surface area contributed by atoms with Gasteiger partial charge < -0.3 is 9.32 Å². The van der Waals surface area contributed by atoms with Crippen LogP contribution in [0.15, 0.2) is 253 Å². The maximum absolute atomic E-state index is 6.61. The first kappa shape index (κ1) is 37.8. The van der Waals surface area contributed by atoms with Gasteiger partial charge in [-0.2, -0.15) is 0 Å². The summed E-state index contributed by atoms with van der Waals surface area (Å²) in [6.07, 6.45) is 0. The lowest BCUT2D eigenvalue weighted by molar-refractivity contribution is 0.669. The standard InChI is InChI=1S/C64H41NO/c1-3-14-46-38-48(26-24-42(46)12-1)44-28-33-52(34-29-44)65(53-35-30-45(31-36-53)49-27-25-43-13-2-4-15-47(43)39-49)61-22-11-21-59(60-40-50-16-5-6-17-54(50)55-18-7-8-19-56(55)60)64(61)51-32-37-58-57-20-9-10-23-62(57)66-63(58)41-51/h1-41H. The summed E-state index contributed by atoms with van der Waals surface area (Å²) in [7, 11) is 0. The van der Waals surface area contributed by atoms with Gasteiger partial charge in [-0.15, -0.1) is 0 Å². The smallest absolute Gasteiger partial charge is 0.136 e. The van der Waals surface area contributed by atoms with Crippen LogP contribution in [-0.2, 0) is 0 Å². The summed E-state index contributed by atoms with van der Waals surface area (Å²) in [5, 5.41) is 12.1. The van der Waals surface area contributed by atoms with Gasteiger partial charge in [0.15, 0.2) is 0 Å². The third kappa shape index (κ3) is 6.42. The van der Waals surface area contributed by atoms with Gasteiger partial charge in [0.25, 0.3) is 0 Å². The fourth-order valence-corrected chi connectivity index (χ4v) is 10.2. The fraction of sp³-hybridized carbons (Fsp3) is 0. The topological polar surface area (TPSA) is 16.4 Å². The molecule has 0 radical (unpaired) electrons. The van der Waals surface area contributed by atoms with Crippen molar-refractivity contribution in [2.24, 2.45) is 0 Å². The molecule has 0 spiro atoms. The number of furan rings is 1. The normalized spacial score (nSPS) is 11.6. The zero-order valence-corrected chi connectivity index (χ0v) is 36.0. The first-order valence-electron chi connectivity index (χ1n) is 22.6. The van der Waals surface area contributed by atoms with E-state index in [1.54, 1.807) is 0 Å². The highest BCUT2D eigenvalue weighted by atomic mass is 16.3. The van der Waals surface area contributed by atoms with Gasteiger partial charge in [-0.05, 0) is 149 Å². The molecule has 2 heteroatoms. The lowest BCUT2D eigenvalue weighted by Crippen LogP contribution is -2.12. The Hall–Kier alpha value is -8.72. The minimum absolute atomic E-state index is 0.865. The zero-order chi connectivity index (χ0) is 43.6. The van der Waals surface area contributed by atoms with Crippen LogP contribution in [0.3, 0.4) is 0 Å². The van der Waals surface area contributed by atoms with E-state index in [0.717, 1.165) is 55.7 Å². The maximum Gasteiger partial charge on any atom is 0.136 e. The van der Waals surface area contributed by atoms with Crippen molar-refractivity contribution >= 4 is 82.1 Å². The van der Waals surface area contributed by atoms with Crippen LogP contribution >= 0.6 is 0 Å². The van der Waals surface area contributed by atoms with Gasteiger partial charge in [-0.3, -0.25) is 0 Å². The van der Waals surface area contributed by atoms with E-state index in [2.05, 4.69) is 248 Å². The highest BCUT2D eigenvalue weighted by Gasteiger charge is 2.23. The molecule has 1 aromatic heterocycles. The van der Waals surface area contributed by atoms with E-state index in [4.69, 9.17) is 4.42 Å². The van der Waals surface area contributed by atoms with Gasteiger partial charge in [0.05, 0.1) is 5.69 Å². The Morgan fingerprint density at radius 2 is 0.758 bits per heavy atom. The molecule has 0 atom stereocenters. The van der Waals surface area contributed by atoms with Crippen LogP contribution in [0.4, 0.5) is 17.1 Å². The van der Waals surface area contributed by atoms with Gasteiger partial charge in [0, 0.05) is 27.7 Å². The molecule has 13 aromatic rings. The number of para-hydroxylation sites is 1. The zero-order valence-electron chi connectivity index (χ0n) is 36.0. The van der Waals surface area contributed by atoms with E-state index in [-0.39, 0.29) is 0 Å². The van der Waals surface area contributed by atoms with Crippen LogP contribution in [0.5, 0.6) is 0 Å². The Balaban J connectivity index is 1.05. The highest BCUT2D eigenvalue weighted by Crippen LogP contribution is 2.49. The predicted molar refractivity (Wildman–Crippen MR) is 280 cm³/mol. The Kier molecular flexibility index (Phi) is 8.89. The molecule has 2 nitrogen and oxygen atoms in total. The lowest BCUT2D eigenvalue weighted by Gasteiger charge is -2.30. The Morgan fingerprint density at radius 3 is 1.41 bits per heavy atom. The Bertz CT molecular complexity index is 3870. The SMILES string of the molecule is c1cc(-c2cc3ccccc3c3ccccc23)c(-c2ccc3c(c2)oc2ccccc23)c(N(c2ccc(-c3ccc4ccccc4c3)cc2)c2ccc(-c3ccc4ccccc4c3)cc2)c1. The van der Waals surface area contributed by atoms with Gasteiger partial charge in [0.2, 0.25) is 0 Å². The van der Waals surface area contributed by atoms with Crippen LogP contribution < -0.4 is 4.90 Å². The van der Waals surface area contributed by atoms with Crippen molar-refractivity contribution < 1.29 is 4.42 Å². The van der Waals surface area contributed by atoms with Crippen LogP contribution in [0.2, 0.25) is 0 Å². The molecule has 0 aliphatic rings. The first-order valence-corrected chi connectivity index (χ1v) is 22.6. The van der Waals surface area contributed by atoms with Gasteiger partial charge in [-0.25, -0.2) is 0 Å². The number of anilines is 3. The molecule has 13 rings (SSSR count). The number of fused-ring (bicyclic) bond motifs is 8. The summed E-state index contributed by atoms with van der Waals surface area (Å²) in [6, 6.07) is 90.5. The molecule has 0 saturated carbocycles. The van der Waals surface area contributed by atoms with Crippen LogP contribution in [0, 0.1) is 0 Å². The van der Waals surface area contributed by atoms with Crippen molar-refractivity contribution in [2.75, 3.05) is 4.90 Å². The van der Waals surface area contributed by atoms with E-state index in [9.17, 15) is 0 Å². The average Bonchev–Trinajstić information content (AvgIpc) is 3.76. The quantitative estimate of drug-likeness (QED) is 0.149. The second kappa shape index (κ2) is 15.5. The second-order valence-electron chi connectivity index (χ2n) is 17.3. The van der Waals surface area contributed by atoms with E-state index in [0.29, 0.717) is 0 Å². The minimum atomic E-state index is 0.865. The van der Waals surface area contributed by atoms with Crippen molar-refractivity contribution in [1.29, 1.82) is 0 Å². The van der Waals surface area contributed by atoms with Crippen LogP contribution in [-0.4, -0.2) is 0 Å². The molecule has 1 heterocycles. The van der Waals surface area contributed by atoms with Crippen molar-refractivity contribution in [1.82, 2.24) is 0 Å². The largest absolute Gasteiger partial charge is 0.456 e. The molecule has 12 aromatic carbocycles. The molecule has 0 unspecified atom stereocenters. The molecule has 0 N–H and O–H groups in total. The van der Waals surface area contributed by atoms with E-state index in [1.807, 2.05) is 6.07 Å². The molecule has 0 fully saturated rings. The average molecular weight is 840 g/mol. The number of nitrogens with zero attached hydrogens (tertiary/aromatic N) is 1. The number of hydrogen-bond donors (Lipinski definition) is 0. The molecule has 308 valence electrons. The van der Waals surface area contributed by atoms with Crippen molar-refractivity contribution in [3.63, 3.8) is 0 Å². The summed E-state index contributed by atoms with van der Waals surface area (Å²) in [5.74, 6) is 0. The van der Waals surface area contributed by atoms with E-state index < -0.39 is 0 Å². The maximum atomic E-state index is 6.61. The van der Waals surface area contributed by atoms with Gasteiger partial charge in [0.1, 0.15) is 11.2 Å². The van der Waals surface area contributed by atoms with Gasteiger partial charge >= 0.3 is 0 Å². The predicted octanol–water partition coefficient (Wildman–Crippen LogP) is 18.3. The molecule has 0 aliphatic heterocycles. The van der Waals surface area contributed by atoms with Crippen LogP contribution in [0.25, 0.3) is 110 Å². The first-order chi connectivity index (χ1) is 32.7. The summed E-state index contributed by atoms with van der Waals surface area (Å²) in [6.45, 7) is 0. The molecule has 0 aliphatic carbocycles. The Labute approximate surface area is 382 Å². The number of hydrogen-bond acceptors (Lipinski definition) is 2. The molecule has 0 bridgehead atoms. The lowest BCUT2D eigenvalue weighted by atomic mass is 9.87. The monoisotopic (exact) mass is 839 g/mol. The fourth-order valence-electron chi connectivity index (χ4n) is 10.2. The van der Waals surface area contributed by atoms with Gasteiger partial charge in [-0.1, -0.05) is 182 Å². The van der Waals surface area contributed by atoms with E-state index >= 15 is 0 Å². The van der Waals surface area contributed by atoms with Crippen LogP contribution in [0.1, 0.15) is 0 Å². The Morgan fingerprint density at radius 1 is 0.258 bits per heavy atom. The molecular formula is C64H41NO. The molecule has 0 amide bonds. The molecular weight excluding hydrogens is 799 g/mol. The summed E-state index contributed by atoms with van der Waals surface area (Å²) < 4.78 is 6.61. The molecule has 0 saturated heterocycles. The summed E-state index contributed by atoms with van der Waals surface area (Å²) >= 11 is 0. The van der Waals surface area contributed by atoms with Crippen molar-refractivity contribution in [2.45, 2.75) is 0 Å². The number of rotatable bonds is 7. The number of benzene rings is 12. The second-order valence-corrected chi connectivity index (χ2v) is 17.3. The third-order valence-electron chi connectivity index (χ3n) is 13.4. The molecule has 66 heavy (non-hydrogen) atoms.